The molecule has 2 aromatic rings. The van der Waals surface area contributed by atoms with Gasteiger partial charge in [-0.25, -0.2) is 4.98 Å². The average Bonchev–Trinajstić information content (AvgIpc) is 2.74. The van der Waals surface area contributed by atoms with E-state index in [-0.39, 0.29) is 12.5 Å². The summed E-state index contributed by atoms with van der Waals surface area (Å²) < 4.78 is 5.11. The fraction of sp³-hybridized carbons (Fsp3) is 0.500. The normalized spacial score (nSPS) is 16.9. The van der Waals surface area contributed by atoms with Gasteiger partial charge in [0.2, 0.25) is 0 Å². The second kappa shape index (κ2) is 4.56. The second-order valence-corrected chi connectivity index (χ2v) is 5.52. The summed E-state index contributed by atoms with van der Waals surface area (Å²) in [6.07, 6.45) is 2.49. The third kappa shape index (κ3) is 2.16. The van der Waals surface area contributed by atoms with Gasteiger partial charge in [0.25, 0.3) is 11.6 Å². The number of nitrogens with zero attached hydrogens (tertiary/aromatic N) is 2. The molecule has 20 heavy (non-hydrogen) atoms. The summed E-state index contributed by atoms with van der Waals surface area (Å²) in [7, 11) is 0. The van der Waals surface area contributed by atoms with E-state index in [1.165, 1.54) is 0 Å². The monoisotopic (exact) mass is 275 g/mol. The maximum Gasteiger partial charge on any atom is 0.258 e. The first-order valence-corrected chi connectivity index (χ1v) is 6.73. The van der Waals surface area contributed by atoms with Crippen LogP contribution < -0.4 is 5.32 Å². The zero-order chi connectivity index (χ0) is 14.3. The summed E-state index contributed by atoms with van der Waals surface area (Å²) in [5.41, 5.74) is 1.46. The van der Waals surface area contributed by atoms with Crippen molar-refractivity contribution in [2.24, 2.45) is 0 Å². The van der Waals surface area contributed by atoms with E-state index >= 15 is 0 Å². The number of aliphatic hydroxyl groups is 1. The third-order valence-electron chi connectivity index (χ3n) is 3.85. The highest BCUT2D eigenvalue weighted by Gasteiger charge is 2.34. The van der Waals surface area contributed by atoms with E-state index < -0.39 is 5.60 Å². The third-order valence-corrected chi connectivity index (χ3v) is 3.85. The first-order valence-electron chi connectivity index (χ1n) is 6.73. The summed E-state index contributed by atoms with van der Waals surface area (Å²) >= 11 is 0. The van der Waals surface area contributed by atoms with E-state index in [0.717, 1.165) is 19.3 Å². The van der Waals surface area contributed by atoms with Crippen molar-refractivity contribution >= 4 is 17.0 Å². The zero-order valence-corrected chi connectivity index (χ0v) is 11.6. The topological polar surface area (TPSA) is 88.2 Å². The Kier molecular flexibility index (Phi) is 2.97. The molecule has 3 rings (SSSR count). The van der Waals surface area contributed by atoms with Crippen LogP contribution in [0.15, 0.2) is 10.6 Å². The largest absolute Gasteiger partial charge is 0.388 e. The molecule has 1 fully saturated rings. The Balaban J connectivity index is 1.88. The van der Waals surface area contributed by atoms with Gasteiger partial charge in [0, 0.05) is 12.2 Å². The van der Waals surface area contributed by atoms with Crippen LogP contribution in [0.4, 0.5) is 0 Å². The van der Waals surface area contributed by atoms with Gasteiger partial charge in [-0.05, 0) is 39.2 Å². The lowest BCUT2D eigenvalue weighted by molar-refractivity contribution is -0.0300. The lowest BCUT2D eigenvalue weighted by Gasteiger charge is -2.36. The van der Waals surface area contributed by atoms with E-state index in [0.29, 0.717) is 28.1 Å². The van der Waals surface area contributed by atoms with E-state index in [2.05, 4.69) is 15.5 Å². The maximum absolute atomic E-state index is 12.3. The van der Waals surface area contributed by atoms with Crippen molar-refractivity contribution in [1.82, 2.24) is 15.5 Å². The minimum absolute atomic E-state index is 0.230. The number of amides is 1. The minimum atomic E-state index is -0.736. The van der Waals surface area contributed by atoms with Crippen molar-refractivity contribution in [3.63, 3.8) is 0 Å². The molecule has 1 saturated carbocycles. The predicted molar refractivity (Wildman–Crippen MR) is 72.4 cm³/mol. The summed E-state index contributed by atoms with van der Waals surface area (Å²) in [4.78, 5) is 16.5. The number of aryl methyl sites for hydroxylation is 2. The number of nitrogens with one attached hydrogen (secondary N) is 1. The number of pyridine rings is 1. The molecule has 106 valence electrons. The zero-order valence-electron chi connectivity index (χ0n) is 11.6. The van der Waals surface area contributed by atoms with Crippen molar-refractivity contribution in [3.8, 4) is 0 Å². The van der Waals surface area contributed by atoms with Crippen LogP contribution in [-0.2, 0) is 0 Å². The van der Waals surface area contributed by atoms with Gasteiger partial charge < -0.3 is 14.9 Å². The molecule has 6 heteroatoms. The summed E-state index contributed by atoms with van der Waals surface area (Å²) in [5, 5.41) is 17.3. The molecule has 6 nitrogen and oxygen atoms in total. The van der Waals surface area contributed by atoms with E-state index in [4.69, 9.17) is 4.52 Å². The fourth-order valence-electron chi connectivity index (χ4n) is 2.50. The highest BCUT2D eigenvalue weighted by atomic mass is 16.5. The molecule has 0 radical (unpaired) electrons. The minimum Gasteiger partial charge on any atom is -0.388 e. The molecular formula is C14H17N3O3. The number of fused-ring (bicyclic) bond motifs is 1. The molecule has 1 aliphatic rings. The van der Waals surface area contributed by atoms with Gasteiger partial charge in [0.15, 0.2) is 0 Å². The first-order chi connectivity index (χ1) is 9.48. The summed E-state index contributed by atoms with van der Waals surface area (Å²) in [5.74, 6) is -0.230. The van der Waals surface area contributed by atoms with Crippen LogP contribution in [0.1, 0.15) is 41.0 Å². The van der Waals surface area contributed by atoms with Crippen LogP contribution in [0, 0.1) is 13.8 Å². The van der Waals surface area contributed by atoms with Gasteiger partial charge in [-0.2, -0.15) is 0 Å². The Morgan fingerprint density at radius 3 is 2.90 bits per heavy atom. The maximum atomic E-state index is 12.3. The Hall–Kier alpha value is -1.95. The Morgan fingerprint density at radius 1 is 1.50 bits per heavy atom. The van der Waals surface area contributed by atoms with Crippen molar-refractivity contribution in [2.45, 2.75) is 38.7 Å². The fourth-order valence-corrected chi connectivity index (χ4v) is 2.50. The summed E-state index contributed by atoms with van der Waals surface area (Å²) in [6.45, 7) is 3.85. The highest BCUT2D eigenvalue weighted by molar-refractivity contribution is 6.06. The molecule has 0 spiro atoms. The standard InChI is InChI=1S/C14H17N3O3/c1-8-6-10(11-9(2)17-20-13(11)16-8)12(18)15-7-14(19)4-3-5-14/h6,19H,3-5,7H2,1-2H3,(H,15,18). The number of hydrogen-bond acceptors (Lipinski definition) is 5. The molecule has 0 aliphatic heterocycles. The quantitative estimate of drug-likeness (QED) is 0.886. The molecule has 1 amide bonds. The van der Waals surface area contributed by atoms with Crippen LogP contribution in [0.5, 0.6) is 0 Å². The van der Waals surface area contributed by atoms with Crippen LogP contribution in [0.2, 0.25) is 0 Å². The van der Waals surface area contributed by atoms with E-state index in [1.807, 2.05) is 0 Å². The van der Waals surface area contributed by atoms with E-state index in [9.17, 15) is 9.90 Å². The lowest BCUT2D eigenvalue weighted by atomic mass is 9.80. The Labute approximate surface area is 116 Å². The molecule has 2 N–H and O–H groups in total. The molecule has 0 saturated heterocycles. The molecule has 0 atom stereocenters. The second-order valence-electron chi connectivity index (χ2n) is 5.52. The van der Waals surface area contributed by atoms with Gasteiger partial charge in [-0.1, -0.05) is 5.16 Å². The van der Waals surface area contributed by atoms with Gasteiger partial charge >= 0.3 is 0 Å². The molecule has 0 unspecified atom stereocenters. The van der Waals surface area contributed by atoms with Crippen molar-refractivity contribution in [1.29, 1.82) is 0 Å². The van der Waals surface area contributed by atoms with Crippen LogP contribution in [0.25, 0.3) is 11.1 Å². The lowest BCUT2D eigenvalue weighted by Crippen LogP contribution is -2.47. The average molecular weight is 275 g/mol. The number of carbonyl (C=O) groups is 1. The first kappa shape index (κ1) is 13.1. The van der Waals surface area contributed by atoms with Gasteiger partial charge in [0.1, 0.15) is 0 Å². The van der Waals surface area contributed by atoms with Crippen molar-refractivity contribution in [3.05, 3.63) is 23.0 Å². The van der Waals surface area contributed by atoms with Gasteiger partial charge in [0.05, 0.1) is 22.2 Å². The SMILES string of the molecule is Cc1cc(C(=O)NCC2(O)CCC2)c2c(C)noc2n1. The van der Waals surface area contributed by atoms with Crippen LogP contribution in [0.3, 0.4) is 0 Å². The predicted octanol–water partition coefficient (Wildman–Crippen LogP) is 1.48. The molecule has 0 bridgehead atoms. The number of hydrogen-bond donors (Lipinski definition) is 2. The molecule has 2 heterocycles. The Morgan fingerprint density at radius 2 is 2.25 bits per heavy atom. The molecule has 2 aromatic heterocycles. The molecular weight excluding hydrogens is 258 g/mol. The number of aromatic nitrogens is 2. The van der Waals surface area contributed by atoms with E-state index in [1.54, 1.807) is 19.9 Å². The Bertz CT molecular complexity index is 674. The van der Waals surface area contributed by atoms with Crippen LogP contribution >= 0.6 is 0 Å². The highest BCUT2D eigenvalue weighted by Crippen LogP contribution is 2.30. The van der Waals surface area contributed by atoms with Crippen molar-refractivity contribution in [2.75, 3.05) is 6.54 Å². The smallest absolute Gasteiger partial charge is 0.258 e. The van der Waals surface area contributed by atoms with Crippen molar-refractivity contribution < 1.29 is 14.4 Å². The molecule has 1 aliphatic carbocycles. The summed E-state index contributed by atoms with van der Waals surface area (Å²) in [6, 6.07) is 1.71. The van der Waals surface area contributed by atoms with Gasteiger partial charge in [-0.3, -0.25) is 4.79 Å². The van der Waals surface area contributed by atoms with Gasteiger partial charge in [-0.15, -0.1) is 0 Å². The number of rotatable bonds is 3. The molecule has 0 aromatic carbocycles. The van der Waals surface area contributed by atoms with Crippen LogP contribution in [-0.4, -0.2) is 33.3 Å². The number of carbonyl (C=O) groups excluding carboxylic acids is 1.